The van der Waals surface area contributed by atoms with Gasteiger partial charge in [-0.2, -0.15) is 0 Å². The van der Waals surface area contributed by atoms with Crippen LogP contribution in [0.4, 0.5) is 0 Å². The lowest BCUT2D eigenvalue weighted by atomic mass is 9.83. The second-order valence-electron chi connectivity index (χ2n) is 7.04. The average Bonchev–Trinajstić information content (AvgIpc) is 3.07. The van der Waals surface area contributed by atoms with Crippen LogP contribution in [0.2, 0.25) is 0 Å². The van der Waals surface area contributed by atoms with Crippen molar-refractivity contribution in [1.29, 1.82) is 0 Å². The topological polar surface area (TPSA) is 54.7 Å². The molecule has 5 heteroatoms. The zero-order valence-corrected chi connectivity index (χ0v) is 14.8. The molecule has 1 saturated heterocycles. The van der Waals surface area contributed by atoms with Crippen molar-refractivity contribution < 1.29 is 13.9 Å². The van der Waals surface area contributed by atoms with E-state index in [1.165, 1.54) is 51.6 Å². The van der Waals surface area contributed by atoms with Crippen molar-refractivity contribution >= 4 is 5.91 Å². The number of carbonyl (C=O) groups excluding carboxylic acids is 1. The molecular formula is C19H30N2O3. The molecule has 1 aromatic heterocycles. The van der Waals surface area contributed by atoms with Gasteiger partial charge < -0.3 is 19.4 Å². The fourth-order valence-electron chi connectivity index (χ4n) is 3.99. The summed E-state index contributed by atoms with van der Waals surface area (Å²) in [5.41, 5.74) is 0. The first kappa shape index (κ1) is 17.3. The Morgan fingerprint density at radius 1 is 1.21 bits per heavy atom. The summed E-state index contributed by atoms with van der Waals surface area (Å²) in [7, 11) is 0. The van der Waals surface area contributed by atoms with Crippen molar-refractivity contribution in [2.75, 3.05) is 26.2 Å². The molecule has 2 aliphatic rings. The van der Waals surface area contributed by atoms with Crippen LogP contribution in [-0.2, 0) is 0 Å². The van der Waals surface area contributed by atoms with Gasteiger partial charge in [-0.3, -0.25) is 4.79 Å². The molecule has 1 amide bonds. The van der Waals surface area contributed by atoms with E-state index < -0.39 is 0 Å². The van der Waals surface area contributed by atoms with Crippen LogP contribution in [0.1, 0.15) is 62.4 Å². The SMILES string of the molecule is CCOc1ccc(C(=O)N[C@@H]2CCCC[C@H]2CN2CCCCC2)o1. The molecule has 1 aliphatic heterocycles. The average molecular weight is 334 g/mol. The first-order chi connectivity index (χ1) is 11.8. The summed E-state index contributed by atoms with van der Waals surface area (Å²) in [6, 6.07) is 3.67. The minimum atomic E-state index is -0.114. The van der Waals surface area contributed by atoms with Crippen molar-refractivity contribution in [2.45, 2.75) is 57.9 Å². The summed E-state index contributed by atoms with van der Waals surface area (Å²) >= 11 is 0. The van der Waals surface area contributed by atoms with Gasteiger partial charge in [0.25, 0.3) is 11.9 Å². The fraction of sp³-hybridized carbons (Fsp3) is 0.737. The molecule has 0 aromatic carbocycles. The van der Waals surface area contributed by atoms with E-state index in [0.717, 1.165) is 13.0 Å². The predicted molar refractivity (Wildman–Crippen MR) is 93.4 cm³/mol. The van der Waals surface area contributed by atoms with Gasteiger partial charge in [0.15, 0.2) is 5.76 Å². The highest BCUT2D eigenvalue weighted by Crippen LogP contribution is 2.27. The number of nitrogens with zero attached hydrogens (tertiary/aromatic N) is 1. The van der Waals surface area contributed by atoms with Crippen LogP contribution < -0.4 is 10.1 Å². The van der Waals surface area contributed by atoms with Gasteiger partial charge in [-0.1, -0.05) is 19.3 Å². The molecule has 1 N–H and O–H groups in total. The molecule has 1 saturated carbocycles. The molecule has 0 bridgehead atoms. The van der Waals surface area contributed by atoms with Crippen LogP contribution >= 0.6 is 0 Å². The Bertz CT molecular complexity index is 522. The van der Waals surface area contributed by atoms with Gasteiger partial charge in [-0.25, -0.2) is 0 Å². The van der Waals surface area contributed by atoms with Gasteiger partial charge in [-0.15, -0.1) is 0 Å². The molecule has 0 unspecified atom stereocenters. The molecule has 134 valence electrons. The second-order valence-corrected chi connectivity index (χ2v) is 7.04. The van der Waals surface area contributed by atoms with E-state index in [0.29, 0.717) is 24.2 Å². The van der Waals surface area contributed by atoms with Crippen molar-refractivity contribution in [1.82, 2.24) is 10.2 Å². The quantitative estimate of drug-likeness (QED) is 0.866. The smallest absolute Gasteiger partial charge is 0.287 e. The van der Waals surface area contributed by atoms with Gasteiger partial charge in [0.1, 0.15) is 0 Å². The molecule has 1 aliphatic carbocycles. The van der Waals surface area contributed by atoms with E-state index in [9.17, 15) is 4.79 Å². The van der Waals surface area contributed by atoms with Crippen molar-refractivity contribution in [3.63, 3.8) is 0 Å². The predicted octanol–water partition coefficient (Wildman–Crippen LogP) is 3.45. The van der Waals surface area contributed by atoms with Crippen LogP contribution in [0, 0.1) is 5.92 Å². The maximum Gasteiger partial charge on any atom is 0.287 e. The summed E-state index contributed by atoms with van der Waals surface area (Å²) in [4.78, 5) is 15.1. The van der Waals surface area contributed by atoms with E-state index in [2.05, 4.69) is 10.2 Å². The van der Waals surface area contributed by atoms with E-state index in [1.807, 2.05) is 6.92 Å². The molecule has 2 fully saturated rings. The van der Waals surface area contributed by atoms with Crippen LogP contribution in [0.3, 0.4) is 0 Å². The Morgan fingerprint density at radius 3 is 2.79 bits per heavy atom. The molecular weight excluding hydrogens is 304 g/mol. The number of carbonyl (C=O) groups is 1. The third-order valence-electron chi connectivity index (χ3n) is 5.26. The molecule has 0 spiro atoms. The summed E-state index contributed by atoms with van der Waals surface area (Å²) < 4.78 is 10.8. The number of likely N-dealkylation sites (tertiary alicyclic amines) is 1. The minimum Gasteiger partial charge on any atom is -0.465 e. The number of ether oxygens (including phenoxy) is 1. The zero-order valence-electron chi connectivity index (χ0n) is 14.8. The van der Waals surface area contributed by atoms with E-state index >= 15 is 0 Å². The van der Waals surface area contributed by atoms with Crippen LogP contribution in [-0.4, -0.2) is 43.1 Å². The zero-order chi connectivity index (χ0) is 16.8. The lowest BCUT2D eigenvalue weighted by Crippen LogP contribution is -2.47. The lowest BCUT2D eigenvalue weighted by Gasteiger charge is -2.37. The van der Waals surface area contributed by atoms with E-state index in [1.54, 1.807) is 12.1 Å². The first-order valence-electron chi connectivity index (χ1n) is 9.52. The van der Waals surface area contributed by atoms with Gasteiger partial charge in [0.2, 0.25) is 0 Å². The van der Waals surface area contributed by atoms with Crippen molar-refractivity contribution in [3.8, 4) is 5.95 Å². The summed E-state index contributed by atoms with van der Waals surface area (Å²) in [5, 5.41) is 3.22. The minimum absolute atomic E-state index is 0.114. The largest absolute Gasteiger partial charge is 0.465 e. The molecule has 3 rings (SSSR count). The van der Waals surface area contributed by atoms with Crippen LogP contribution in [0.15, 0.2) is 16.5 Å². The maximum atomic E-state index is 12.5. The van der Waals surface area contributed by atoms with Gasteiger partial charge in [0, 0.05) is 18.7 Å². The molecule has 0 radical (unpaired) electrons. The van der Waals surface area contributed by atoms with Crippen molar-refractivity contribution in [2.24, 2.45) is 5.92 Å². The number of furan rings is 1. The molecule has 24 heavy (non-hydrogen) atoms. The third kappa shape index (κ3) is 4.53. The Hall–Kier alpha value is -1.49. The number of piperidine rings is 1. The summed E-state index contributed by atoms with van der Waals surface area (Å²) in [6.07, 6.45) is 8.76. The van der Waals surface area contributed by atoms with E-state index in [4.69, 9.17) is 9.15 Å². The number of amides is 1. The monoisotopic (exact) mass is 334 g/mol. The Kier molecular flexibility index (Phi) is 6.18. The second kappa shape index (κ2) is 8.56. The number of rotatable bonds is 6. The van der Waals surface area contributed by atoms with Crippen LogP contribution in [0.25, 0.3) is 0 Å². The van der Waals surface area contributed by atoms with Gasteiger partial charge in [-0.05, 0) is 57.7 Å². The Balaban J connectivity index is 1.56. The third-order valence-corrected chi connectivity index (χ3v) is 5.26. The molecule has 5 nitrogen and oxygen atoms in total. The highest BCUT2D eigenvalue weighted by atomic mass is 16.6. The summed E-state index contributed by atoms with van der Waals surface area (Å²) in [6.45, 7) is 5.98. The molecule has 2 heterocycles. The molecule has 2 atom stereocenters. The molecule has 1 aromatic rings. The number of nitrogens with one attached hydrogen (secondary N) is 1. The first-order valence-corrected chi connectivity index (χ1v) is 9.52. The number of hydrogen-bond donors (Lipinski definition) is 1. The standard InChI is InChI=1S/C19H30N2O3/c1-2-23-18-11-10-17(24-18)19(22)20-16-9-5-4-8-15(16)14-21-12-6-3-7-13-21/h10-11,15-16H,2-9,12-14H2,1H3,(H,20,22)/t15-,16+/m0/s1. The van der Waals surface area contributed by atoms with Crippen LogP contribution in [0.5, 0.6) is 5.95 Å². The lowest BCUT2D eigenvalue weighted by molar-refractivity contribution is 0.0842. The summed E-state index contributed by atoms with van der Waals surface area (Å²) in [5.74, 6) is 1.20. The van der Waals surface area contributed by atoms with Crippen molar-refractivity contribution in [3.05, 3.63) is 17.9 Å². The van der Waals surface area contributed by atoms with E-state index in [-0.39, 0.29) is 11.9 Å². The Labute approximate surface area is 144 Å². The number of hydrogen-bond acceptors (Lipinski definition) is 4. The maximum absolute atomic E-state index is 12.5. The highest BCUT2D eigenvalue weighted by molar-refractivity contribution is 5.91. The fourth-order valence-corrected chi connectivity index (χ4v) is 3.99. The normalized spacial score (nSPS) is 25.4. The highest BCUT2D eigenvalue weighted by Gasteiger charge is 2.29. The Morgan fingerprint density at radius 2 is 2.00 bits per heavy atom. The van der Waals surface area contributed by atoms with Gasteiger partial charge in [0.05, 0.1) is 6.61 Å². The van der Waals surface area contributed by atoms with Gasteiger partial charge >= 0.3 is 0 Å².